The van der Waals surface area contributed by atoms with Gasteiger partial charge in [-0.05, 0) is 13.0 Å². The number of hydrogen-bond acceptors (Lipinski definition) is 7. The van der Waals surface area contributed by atoms with Crippen molar-refractivity contribution in [1.29, 1.82) is 0 Å². The topological polar surface area (TPSA) is 112 Å². The summed E-state index contributed by atoms with van der Waals surface area (Å²) in [6.07, 6.45) is 3.16. The van der Waals surface area contributed by atoms with Crippen LogP contribution in [0, 0.1) is 0 Å². The Hall–Kier alpha value is -2.97. The molecule has 0 bridgehead atoms. The van der Waals surface area contributed by atoms with Gasteiger partial charge in [-0.1, -0.05) is 10.3 Å². The van der Waals surface area contributed by atoms with Crippen molar-refractivity contribution in [3.05, 3.63) is 30.2 Å². The average Bonchev–Trinajstić information content (AvgIpc) is 3.19. The second-order valence-electron chi connectivity index (χ2n) is 3.80. The number of nitrogens with zero attached hydrogens (tertiary/aromatic N) is 5. The Morgan fingerprint density at radius 3 is 3.00 bits per heavy atom. The number of rotatable bonds is 4. The van der Waals surface area contributed by atoms with E-state index in [1.807, 2.05) is 6.92 Å². The predicted molar refractivity (Wildman–Crippen MR) is 65.6 cm³/mol. The largest absolute Gasteiger partial charge is 0.400 e. The average molecular weight is 274 g/mol. The molecule has 3 aromatic heterocycles. The van der Waals surface area contributed by atoms with E-state index in [0.29, 0.717) is 12.3 Å². The number of nitrogens with one attached hydrogen (secondary N) is 1. The van der Waals surface area contributed by atoms with Crippen molar-refractivity contribution in [1.82, 2.24) is 25.1 Å². The molecule has 0 saturated heterocycles. The van der Waals surface area contributed by atoms with Crippen LogP contribution in [0.2, 0.25) is 0 Å². The van der Waals surface area contributed by atoms with E-state index in [1.165, 1.54) is 6.20 Å². The minimum atomic E-state index is -0.426. The van der Waals surface area contributed by atoms with Gasteiger partial charge in [0, 0.05) is 18.8 Å². The zero-order valence-corrected chi connectivity index (χ0v) is 10.5. The third kappa shape index (κ3) is 2.28. The summed E-state index contributed by atoms with van der Waals surface area (Å²) in [6, 6.07) is 3.14. The first kappa shape index (κ1) is 12.1. The number of aryl methyl sites for hydroxylation is 1. The van der Waals surface area contributed by atoms with Gasteiger partial charge >= 0.3 is 6.01 Å². The van der Waals surface area contributed by atoms with E-state index >= 15 is 0 Å². The molecule has 20 heavy (non-hydrogen) atoms. The highest BCUT2D eigenvalue weighted by Crippen LogP contribution is 2.18. The van der Waals surface area contributed by atoms with Crippen molar-refractivity contribution in [3.8, 4) is 11.7 Å². The molecule has 9 heteroatoms. The normalized spacial score (nSPS) is 10.7. The summed E-state index contributed by atoms with van der Waals surface area (Å²) < 4.78 is 11.7. The fraction of sp³-hybridized carbons (Fsp3) is 0.182. The van der Waals surface area contributed by atoms with Gasteiger partial charge in [0.25, 0.3) is 11.8 Å². The minimum absolute atomic E-state index is 0.0348. The zero-order chi connectivity index (χ0) is 13.9. The SMILES string of the molecule is CCn1ccc(C(=O)Nc2nnc(-c3ccno3)o2)n1. The lowest BCUT2D eigenvalue weighted by atomic mass is 10.4. The fourth-order valence-electron chi connectivity index (χ4n) is 1.52. The Morgan fingerprint density at radius 2 is 2.30 bits per heavy atom. The predicted octanol–water partition coefficient (Wildman–Crippen LogP) is 1.19. The number of carbonyl (C=O) groups excluding carboxylic acids is 1. The number of hydrogen-bond donors (Lipinski definition) is 1. The Bertz CT molecular complexity index is 714. The third-order valence-electron chi connectivity index (χ3n) is 2.49. The summed E-state index contributed by atoms with van der Waals surface area (Å²) in [6.45, 7) is 2.61. The lowest BCUT2D eigenvalue weighted by Crippen LogP contribution is -2.13. The quantitative estimate of drug-likeness (QED) is 0.760. The monoisotopic (exact) mass is 274 g/mol. The van der Waals surface area contributed by atoms with Gasteiger partial charge in [-0.15, -0.1) is 5.10 Å². The molecule has 0 spiro atoms. The van der Waals surface area contributed by atoms with Crippen molar-refractivity contribution in [3.63, 3.8) is 0 Å². The van der Waals surface area contributed by atoms with E-state index < -0.39 is 5.91 Å². The van der Waals surface area contributed by atoms with Crippen molar-refractivity contribution in [2.45, 2.75) is 13.5 Å². The highest BCUT2D eigenvalue weighted by Gasteiger charge is 2.16. The van der Waals surface area contributed by atoms with Crippen LogP contribution in [0.1, 0.15) is 17.4 Å². The molecule has 1 amide bonds. The molecule has 0 aliphatic rings. The molecular weight excluding hydrogens is 264 g/mol. The molecule has 3 aromatic rings. The molecule has 9 nitrogen and oxygen atoms in total. The smallest absolute Gasteiger partial charge is 0.322 e. The Kier molecular flexibility index (Phi) is 2.99. The van der Waals surface area contributed by atoms with Gasteiger partial charge in [0.1, 0.15) is 0 Å². The van der Waals surface area contributed by atoms with Crippen LogP contribution in [0.4, 0.5) is 6.01 Å². The number of anilines is 1. The summed E-state index contributed by atoms with van der Waals surface area (Å²) in [7, 11) is 0. The van der Waals surface area contributed by atoms with Gasteiger partial charge in [0.15, 0.2) is 5.69 Å². The van der Waals surface area contributed by atoms with E-state index in [9.17, 15) is 4.79 Å². The van der Waals surface area contributed by atoms with Gasteiger partial charge in [0.05, 0.1) is 6.20 Å². The fourth-order valence-corrected chi connectivity index (χ4v) is 1.52. The van der Waals surface area contributed by atoms with Crippen molar-refractivity contribution in [2.75, 3.05) is 5.32 Å². The van der Waals surface area contributed by atoms with E-state index in [-0.39, 0.29) is 17.6 Å². The Labute approximate surface area is 112 Å². The summed E-state index contributed by atoms with van der Waals surface area (Å²) in [5.41, 5.74) is 0.270. The van der Waals surface area contributed by atoms with Crippen molar-refractivity contribution >= 4 is 11.9 Å². The maximum Gasteiger partial charge on any atom is 0.322 e. The number of amides is 1. The van der Waals surface area contributed by atoms with Gasteiger partial charge in [-0.3, -0.25) is 14.8 Å². The zero-order valence-electron chi connectivity index (χ0n) is 10.5. The van der Waals surface area contributed by atoms with E-state index in [0.717, 1.165) is 0 Å². The molecule has 102 valence electrons. The molecular formula is C11H10N6O3. The Balaban J connectivity index is 1.73. The molecule has 0 atom stereocenters. The lowest BCUT2D eigenvalue weighted by Gasteiger charge is -1.96. The molecule has 3 rings (SSSR count). The molecule has 0 aromatic carbocycles. The minimum Gasteiger partial charge on any atom is -0.400 e. The van der Waals surface area contributed by atoms with Crippen LogP contribution in [0.3, 0.4) is 0 Å². The number of aromatic nitrogens is 5. The van der Waals surface area contributed by atoms with Crippen molar-refractivity contribution < 1.29 is 13.7 Å². The first-order valence-corrected chi connectivity index (χ1v) is 5.85. The van der Waals surface area contributed by atoms with E-state index in [4.69, 9.17) is 8.94 Å². The second kappa shape index (κ2) is 4.96. The van der Waals surface area contributed by atoms with Gasteiger partial charge in [0.2, 0.25) is 5.76 Å². The summed E-state index contributed by atoms with van der Waals surface area (Å²) in [5.74, 6) is 0.0371. The maximum absolute atomic E-state index is 11.9. The van der Waals surface area contributed by atoms with Crippen molar-refractivity contribution in [2.24, 2.45) is 0 Å². The highest BCUT2D eigenvalue weighted by atomic mass is 16.5. The van der Waals surface area contributed by atoms with Crippen LogP contribution >= 0.6 is 0 Å². The van der Waals surface area contributed by atoms with Crippen LogP contribution in [-0.4, -0.2) is 31.0 Å². The summed E-state index contributed by atoms with van der Waals surface area (Å²) >= 11 is 0. The van der Waals surface area contributed by atoms with Gasteiger partial charge < -0.3 is 8.94 Å². The standard InChI is InChI=1S/C11H10N6O3/c1-2-17-6-4-7(16-17)9(18)13-11-15-14-10(19-11)8-3-5-12-20-8/h3-6H,2H2,1H3,(H,13,15,18). The first-order valence-electron chi connectivity index (χ1n) is 5.85. The molecule has 0 aliphatic carbocycles. The van der Waals surface area contributed by atoms with Crippen LogP contribution in [0.25, 0.3) is 11.7 Å². The van der Waals surface area contributed by atoms with Crippen LogP contribution < -0.4 is 5.32 Å². The van der Waals surface area contributed by atoms with Gasteiger partial charge in [-0.2, -0.15) is 5.10 Å². The Morgan fingerprint density at radius 1 is 1.40 bits per heavy atom. The van der Waals surface area contributed by atoms with Crippen LogP contribution in [-0.2, 0) is 6.54 Å². The summed E-state index contributed by atoms with van der Waals surface area (Å²) in [5, 5.41) is 17.5. The number of carbonyl (C=O) groups is 1. The molecule has 0 aliphatic heterocycles. The maximum atomic E-state index is 11.9. The van der Waals surface area contributed by atoms with Crippen LogP contribution in [0.15, 0.2) is 33.5 Å². The van der Waals surface area contributed by atoms with E-state index in [1.54, 1.807) is 23.0 Å². The third-order valence-corrected chi connectivity index (χ3v) is 2.49. The molecule has 0 radical (unpaired) electrons. The molecule has 1 N–H and O–H groups in total. The van der Waals surface area contributed by atoms with Crippen LogP contribution in [0.5, 0.6) is 0 Å². The molecule has 0 saturated carbocycles. The molecule has 0 fully saturated rings. The van der Waals surface area contributed by atoms with E-state index in [2.05, 4.69) is 25.8 Å². The highest BCUT2D eigenvalue weighted by molar-refractivity contribution is 6.01. The van der Waals surface area contributed by atoms with Gasteiger partial charge in [-0.25, -0.2) is 0 Å². The molecule has 3 heterocycles. The second-order valence-corrected chi connectivity index (χ2v) is 3.80. The summed E-state index contributed by atoms with van der Waals surface area (Å²) in [4.78, 5) is 11.9. The molecule has 0 unspecified atom stereocenters. The lowest BCUT2D eigenvalue weighted by molar-refractivity contribution is 0.101. The first-order chi connectivity index (χ1) is 9.76.